The fraction of sp³-hybridized carbons (Fsp3) is 0.333. The van der Waals surface area contributed by atoms with Crippen LogP contribution in [0.15, 0.2) is 48.5 Å². The molecule has 1 aliphatic heterocycles. The molecule has 0 amide bonds. The van der Waals surface area contributed by atoms with Crippen molar-refractivity contribution < 1.29 is 9.09 Å². The lowest BCUT2D eigenvalue weighted by atomic mass is 9.94. The van der Waals surface area contributed by atoms with Crippen LogP contribution in [-0.2, 0) is 4.57 Å². The minimum absolute atomic E-state index is 0.146. The highest BCUT2D eigenvalue weighted by molar-refractivity contribution is 7.67. The molecule has 2 aromatic rings. The van der Waals surface area contributed by atoms with Gasteiger partial charge < -0.3 is 4.52 Å². The highest BCUT2D eigenvalue weighted by Gasteiger charge is 2.36. The minimum Gasteiger partial charge on any atom is -0.439 e. The molecule has 2 aromatic carbocycles. The first kappa shape index (κ1) is 14.4. The molecule has 0 aliphatic carbocycles. The number of hydrogen-bond donors (Lipinski definition) is 0. The molecule has 0 fully saturated rings. The van der Waals surface area contributed by atoms with Crippen LogP contribution in [0, 0.1) is 5.41 Å². The van der Waals surface area contributed by atoms with Crippen molar-refractivity contribution in [2.75, 3.05) is 6.16 Å². The molecule has 1 heterocycles. The summed E-state index contributed by atoms with van der Waals surface area (Å²) in [5.41, 5.74) is 2.24. The SMILES string of the molecule is CC(C)(C)CCP1(=O)Oc2ccccc2-c2ccccc21. The predicted octanol–water partition coefficient (Wildman–Crippen LogP) is 5.09. The van der Waals surface area contributed by atoms with Gasteiger partial charge in [-0.1, -0.05) is 57.2 Å². The Balaban J connectivity index is 2.08. The van der Waals surface area contributed by atoms with Gasteiger partial charge in [-0.3, -0.25) is 4.57 Å². The van der Waals surface area contributed by atoms with E-state index in [1.807, 2.05) is 48.5 Å². The van der Waals surface area contributed by atoms with Crippen LogP contribution >= 0.6 is 7.37 Å². The Kier molecular flexibility index (Phi) is 3.45. The van der Waals surface area contributed by atoms with Crippen molar-refractivity contribution in [2.24, 2.45) is 5.41 Å². The fourth-order valence-electron chi connectivity index (χ4n) is 2.62. The van der Waals surface area contributed by atoms with Gasteiger partial charge in [-0.15, -0.1) is 0 Å². The summed E-state index contributed by atoms with van der Waals surface area (Å²) < 4.78 is 19.4. The maximum atomic E-state index is 13.4. The van der Waals surface area contributed by atoms with Gasteiger partial charge in [0.15, 0.2) is 0 Å². The van der Waals surface area contributed by atoms with Gasteiger partial charge in [0, 0.05) is 11.7 Å². The molecule has 21 heavy (non-hydrogen) atoms. The topological polar surface area (TPSA) is 26.3 Å². The first-order chi connectivity index (χ1) is 9.89. The molecule has 2 nitrogen and oxygen atoms in total. The Morgan fingerprint density at radius 1 is 0.952 bits per heavy atom. The summed E-state index contributed by atoms with van der Waals surface area (Å²) in [6, 6.07) is 15.8. The van der Waals surface area contributed by atoms with Gasteiger partial charge >= 0.3 is 0 Å². The van der Waals surface area contributed by atoms with E-state index in [9.17, 15) is 4.57 Å². The van der Waals surface area contributed by atoms with Gasteiger partial charge in [-0.25, -0.2) is 0 Å². The Bertz CT molecular complexity index is 713. The smallest absolute Gasteiger partial charge is 0.277 e. The van der Waals surface area contributed by atoms with Gasteiger partial charge in [-0.2, -0.15) is 0 Å². The first-order valence-corrected chi connectivity index (χ1v) is 9.18. The van der Waals surface area contributed by atoms with Crippen LogP contribution in [0.5, 0.6) is 5.75 Å². The molecule has 1 unspecified atom stereocenters. The molecule has 110 valence electrons. The predicted molar refractivity (Wildman–Crippen MR) is 88.7 cm³/mol. The maximum Gasteiger partial charge on any atom is 0.277 e. The zero-order valence-electron chi connectivity index (χ0n) is 12.8. The second kappa shape index (κ2) is 5.03. The van der Waals surface area contributed by atoms with Crippen molar-refractivity contribution in [3.05, 3.63) is 48.5 Å². The van der Waals surface area contributed by atoms with E-state index in [1.54, 1.807) is 0 Å². The van der Waals surface area contributed by atoms with E-state index in [0.29, 0.717) is 6.16 Å². The third-order valence-corrected chi connectivity index (χ3v) is 6.28. The molecule has 3 heteroatoms. The molecular formula is C18H21O2P. The molecule has 3 rings (SSSR count). The Hall–Kier alpha value is -1.53. The molecule has 1 atom stereocenters. The number of rotatable bonds is 2. The average molecular weight is 300 g/mol. The second-order valence-electron chi connectivity index (χ2n) is 6.81. The van der Waals surface area contributed by atoms with Crippen LogP contribution < -0.4 is 9.83 Å². The third kappa shape index (κ3) is 2.78. The van der Waals surface area contributed by atoms with Crippen LogP contribution in [0.2, 0.25) is 0 Å². The van der Waals surface area contributed by atoms with Crippen molar-refractivity contribution in [1.82, 2.24) is 0 Å². The zero-order valence-corrected chi connectivity index (χ0v) is 13.7. The molecule has 1 aliphatic rings. The molecule has 0 aromatic heterocycles. The quantitative estimate of drug-likeness (QED) is 0.722. The molecular weight excluding hydrogens is 279 g/mol. The Labute approximate surface area is 126 Å². The van der Waals surface area contributed by atoms with E-state index in [1.165, 1.54) is 0 Å². The first-order valence-electron chi connectivity index (χ1n) is 7.37. The summed E-state index contributed by atoms with van der Waals surface area (Å²) >= 11 is 0. The largest absolute Gasteiger partial charge is 0.439 e. The monoisotopic (exact) mass is 300 g/mol. The van der Waals surface area contributed by atoms with E-state index in [4.69, 9.17) is 4.52 Å². The van der Waals surface area contributed by atoms with E-state index in [-0.39, 0.29) is 5.41 Å². The van der Waals surface area contributed by atoms with Gasteiger partial charge in [0.25, 0.3) is 7.37 Å². The Morgan fingerprint density at radius 2 is 1.57 bits per heavy atom. The van der Waals surface area contributed by atoms with Crippen LogP contribution in [0.25, 0.3) is 11.1 Å². The minimum atomic E-state index is -2.83. The summed E-state index contributed by atoms with van der Waals surface area (Å²) in [4.78, 5) is 0. The fourth-order valence-corrected chi connectivity index (χ4v) is 5.37. The molecule has 0 saturated heterocycles. The van der Waals surface area contributed by atoms with E-state index < -0.39 is 7.37 Å². The number of fused-ring (bicyclic) bond motifs is 3. The second-order valence-corrected chi connectivity index (χ2v) is 9.27. The normalized spacial score (nSPS) is 20.3. The standard InChI is InChI=1S/C18H21O2P/c1-18(2,3)12-13-21(19)17-11-7-5-9-15(17)14-8-4-6-10-16(14)20-21/h4-11H,12-13H2,1-3H3. The maximum absolute atomic E-state index is 13.4. The zero-order chi connectivity index (χ0) is 15.1. The van der Waals surface area contributed by atoms with E-state index in [0.717, 1.165) is 28.6 Å². The summed E-state index contributed by atoms with van der Waals surface area (Å²) in [5, 5.41) is 0.868. The lowest BCUT2D eigenvalue weighted by Gasteiger charge is -2.30. The molecule has 0 N–H and O–H groups in total. The summed E-state index contributed by atoms with van der Waals surface area (Å²) in [6.45, 7) is 6.51. The number of para-hydroxylation sites is 1. The highest BCUT2D eigenvalue weighted by Crippen LogP contribution is 2.55. The lowest BCUT2D eigenvalue weighted by molar-refractivity contribution is 0.389. The van der Waals surface area contributed by atoms with Crippen LogP contribution in [0.1, 0.15) is 27.2 Å². The summed E-state index contributed by atoms with van der Waals surface area (Å²) in [6.07, 6.45) is 1.46. The molecule has 0 spiro atoms. The van der Waals surface area contributed by atoms with Gasteiger partial charge in [0.2, 0.25) is 0 Å². The van der Waals surface area contributed by atoms with Crippen LogP contribution in [0.3, 0.4) is 0 Å². The Morgan fingerprint density at radius 3 is 2.29 bits per heavy atom. The number of benzene rings is 2. The van der Waals surface area contributed by atoms with Gasteiger partial charge in [0.05, 0.1) is 5.30 Å². The number of hydrogen-bond acceptors (Lipinski definition) is 2. The van der Waals surface area contributed by atoms with Crippen LogP contribution in [0.4, 0.5) is 0 Å². The molecule has 0 bridgehead atoms. The van der Waals surface area contributed by atoms with Crippen molar-refractivity contribution >= 4 is 12.7 Å². The van der Waals surface area contributed by atoms with Crippen molar-refractivity contribution in [3.63, 3.8) is 0 Å². The van der Waals surface area contributed by atoms with Crippen LogP contribution in [-0.4, -0.2) is 6.16 Å². The lowest BCUT2D eigenvalue weighted by Crippen LogP contribution is -2.21. The summed E-state index contributed by atoms with van der Waals surface area (Å²) in [7, 11) is -2.83. The average Bonchev–Trinajstić information content (AvgIpc) is 2.45. The summed E-state index contributed by atoms with van der Waals surface area (Å²) in [5.74, 6) is 0.744. The van der Waals surface area contributed by atoms with Crippen molar-refractivity contribution in [3.8, 4) is 16.9 Å². The van der Waals surface area contributed by atoms with Crippen molar-refractivity contribution in [2.45, 2.75) is 27.2 Å². The third-order valence-electron chi connectivity index (χ3n) is 3.85. The molecule has 0 radical (unpaired) electrons. The van der Waals surface area contributed by atoms with E-state index in [2.05, 4.69) is 20.8 Å². The van der Waals surface area contributed by atoms with Crippen molar-refractivity contribution in [1.29, 1.82) is 0 Å². The molecule has 0 saturated carbocycles. The van der Waals surface area contributed by atoms with Gasteiger partial charge in [0.1, 0.15) is 5.75 Å². The van der Waals surface area contributed by atoms with Gasteiger partial charge in [-0.05, 0) is 29.5 Å². The highest BCUT2D eigenvalue weighted by atomic mass is 31.2. The van der Waals surface area contributed by atoms with E-state index >= 15 is 0 Å².